The maximum atomic E-state index is 11.7. The second-order valence-electron chi connectivity index (χ2n) is 10.1. The third-order valence-corrected chi connectivity index (χ3v) is 7.51. The first-order valence-corrected chi connectivity index (χ1v) is 13.3. The van der Waals surface area contributed by atoms with Gasteiger partial charge in [0.15, 0.2) is 0 Å². The lowest BCUT2D eigenvalue weighted by molar-refractivity contribution is -0.00204. The van der Waals surface area contributed by atoms with Gasteiger partial charge in [0, 0.05) is 50.0 Å². The first-order valence-electron chi connectivity index (χ1n) is 13.0. The van der Waals surface area contributed by atoms with Gasteiger partial charge >= 0.3 is 5.97 Å². The molecule has 2 N–H and O–H groups in total. The fourth-order valence-electron chi connectivity index (χ4n) is 5.14. The molecule has 1 atom stereocenters. The summed E-state index contributed by atoms with van der Waals surface area (Å²) in [5.41, 5.74) is 1.88. The minimum absolute atomic E-state index is 0. The van der Waals surface area contributed by atoms with E-state index in [1.54, 1.807) is 19.2 Å². The van der Waals surface area contributed by atoms with Crippen LogP contribution in [0.4, 0.5) is 0 Å². The third-order valence-electron chi connectivity index (χ3n) is 7.28. The monoisotopic (exact) mass is 589 g/mol. The Kier molecular flexibility index (Phi) is 9.68. The van der Waals surface area contributed by atoms with E-state index in [9.17, 15) is 15.0 Å². The number of carboxylic acids is 1. The number of halogens is 2. The lowest BCUT2D eigenvalue weighted by Gasteiger charge is -2.39. The maximum absolute atomic E-state index is 11.7. The Hall–Kier alpha value is -3.17. The molecular weight excluding hydrogens is 557 g/mol. The predicted octanol–water partition coefficient (Wildman–Crippen LogP) is 5.26. The van der Waals surface area contributed by atoms with Gasteiger partial charge in [0.1, 0.15) is 53.5 Å². The van der Waals surface area contributed by atoms with E-state index in [-0.39, 0.29) is 35.9 Å². The number of likely N-dealkylation sites (tertiary alicyclic amines) is 1. The summed E-state index contributed by atoms with van der Waals surface area (Å²) in [5, 5.41) is 21.0. The number of hydrogen-bond acceptors (Lipinski definition) is 7. The highest BCUT2D eigenvalue weighted by atomic mass is 35.5. The minimum Gasteiger partial charge on any atom is -0.497 e. The number of methoxy groups -OCH3 is 1. The predicted molar refractivity (Wildman–Crippen MR) is 154 cm³/mol. The van der Waals surface area contributed by atoms with Crippen LogP contribution in [0, 0.1) is 0 Å². The van der Waals surface area contributed by atoms with Crippen molar-refractivity contribution in [3.63, 3.8) is 0 Å². The van der Waals surface area contributed by atoms with Crippen LogP contribution in [0.1, 0.15) is 34.3 Å². The van der Waals surface area contributed by atoms with Gasteiger partial charge in [-0.05, 0) is 53.6 Å². The number of aliphatic hydroxyl groups is 1. The van der Waals surface area contributed by atoms with Crippen LogP contribution < -0.4 is 18.9 Å². The van der Waals surface area contributed by atoms with Crippen LogP contribution in [0.3, 0.4) is 0 Å². The summed E-state index contributed by atoms with van der Waals surface area (Å²) in [7, 11) is 1.61. The summed E-state index contributed by atoms with van der Waals surface area (Å²) in [6, 6.07) is 17.8. The molecule has 5 rings (SSSR count). The number of aliphatic hydroxyl groups excluding tert-OH is 1. The SMILES string of the molecule is COc1ccc(COc2ccc(C(=O)O)c(OC[C@H](O)CN3CCC4(CC3)Cc3cc(Cl)ccc3O4)c2)cc1.Cl. The molecule has 1 spiro atoms. The zero-order valence-electron chi connectivity index (χ0n) is 22.2. The number of piperidine rings is 1. The lowest BCUT2D eigenvalue weighted by Crippen LogP contribution is -2.49. The van der Waals surface area contributed by atoms with Gasteiger partial charge in [0.05, 0.1) is 7.11 Å². The van der Waals surface area contributed by atoms with Crippen molar-refractivity contribution in [1.82, 2.24) is 4.90 Å². The number of β-amino-alcohol motifs (C(OH)–C–C–N with tert-alkyl or cyclic N) is 1. The first kappa shape index (κ1) is 29.8. The molecule has 0 aromatic heterocycles. The molecule has 0 amide bonds. The highest BCUT2D eigenvalue weighted by molar-refractivity contribution is 6.30. The average Bonchev–Trinajstić information content (AvgIpc) is 3.29. The zero-order chi connectivity index (χ0) is 27.4. The quantitative estimate of drug-likeness (QED) is 0.330. The summed E-state index contributed by atoms with van der Waals surface area (Å²) in [5.74, 6) is 1.18. The van der Waals surface area contributed by atoms with Gasteiger partial charge in [-0.15, -0.1) is 12.4 Å². The minimum atomic E-state index is -1.11. The Bertz CT molecular complexity index is 1310. The number of benzene rings is 3. The molecule has 8 nitrogen and oxygen atoms in total. The summed E-state index contributed by atoms with van der Waals surface area (Å²) >= 11 is 6.14. The van der Waals surface area contributed by atoms with Crippen LogP contribution in [0.15, 0.2) is 60.7 Å². The second-order valence-corrected chi connectivity index (χ2v) is 10.5. The van der Waals surface area contributed by atoms with Crippen LogP contribution >= 0.6 is 24.0 Å². The number of rotatable bonds is 10. The van der Waals surface area contributed by atoms with E-state index >= 15 is 0 Å². The summed E-state index contributed by atoms with van der Waals surface area (Å²) < 4.78 is 23.1. The Balaban J connectivity index is 0.00000370. The van der Waals surface area contributed by atoms with Crippen molar-refractivity contribution in [2.75, 3.05) is 33.4 Å². The molecule has 214 valence electrons. The van der Waals surface area contributed by atoms with Gasteiger partial charge in [0.25, 0.3) is 0 Å². The average molecular weight is 591 g/mol. The molecule has 0 aliphatic carbocycles. The number of carbonyl (C=O) groups is 1. The molecule has 2 aliphatic heterocycles. The van der Waals surface area contributed by atoms with Crippen molar-refractivity contribution < 1.29 is 34.0 Å². The van der Waals surface area contributed by atoms with E-state index in [0.717, 1.165) is 60.0 Å². The smallest absolute Gasteiger partial charge is 0.339 e. The van der Waals surface area contributed by atoms with Gasteiger partial charge in [-0.3, -0.25) is 0 Å². The molecule has 1 fully saturated rings. The van der Waals surface area contributed by atoms with Crippen molar-refractivity contribution >= 4 is 30.0 Å². The molecule has 40 heavy (non-hydrogen) atoms. The zero-order valence-corrected chi connectivity index (χ0v) is 23.7. The summed E-state index contributed by atoms with van der Waals surface area (Å²) in [6.45, 7) is 2.26. The molecule has 0 saturated carbocycles. The first-order chi connectivity index (χ1) is 18.8. The Morgan fingerprint density at radius 1 is 1.05 bits per heavy atom. The molecular formula is C30H33Cl2NO7. The van der Waals surface area contributed by atoms with Crippen molar-refractivity contribution in [2.45, 2.75) is 37.6 Å². The molecule has 0 bridgehead atoms. The highest BCUT2D eigenvalue weighted by Crippen LogP contribution is 2.42. The van der Waals surface area contributed by atoms with Crippen LogP contribution in [-0.4, -0.2) is 66.1 Å². The lowest BCUT2D eigenvalue weighted by atomic mass is 9.87. The second kappa shape index (κ2) is 13.0. The standard InChI is InChI=1S/C30H32ClNO7.ClH/c1-36-24-5-2-20(3-6-24)18-37-25-7-8-26(29(34)35)28(15-25)38-19-23(33)17-32-12-10-30(11-13-32)16-21-14-22(31)4-9-27(21)39-30;/h2-9,14-15,23,33H,10-13,16-19H2,1H3,(H,34,35);1H/t23-;/m1./s1. The third kappa shape index (κ3) is 7.12. The van der Waals surface area contributed by atoms with Crippen molar-refractivity contribution in [3.8, 4) is 23.0 Å². The molecule has 0 unspecified atom stereocenters. The molecule has 10 heteroatoms. The number of nitrogens with zero attached hydrogens (tertiary/aromatic N) is 1. The molecule has 0 radical (unpaired) electrons. The number of aromatic carboxylic acids is 1. The molecule has 2 aliphatic rings. The van der Waals surface area contributed by atoms with E-state index in [2.05, 4.69) is 4.90 Å². The Labute approximate surface area is 244 Å². The van der Waals surface area contributed by atoms with Crippen LogP contribution in [-0.2, 0) is 13.0 Å². The van der Waals surface area contributed by atoms with Crippen molar-refractivity contribution in [1.29, 1.82) is 0 Å². The Morgan fingerprint density at radius 2 is 1.77 bits per heavy atom. The molecule has 3 aromatic rings. The number of ether oxygens (including phenoxy) is 4. The van der Waals surface area contributed by atoms with Crippen molar-refractivity contribution in [2.24, 2.45) is 0 Å². The van der Waals surface area contributed by atoms with Gasteiger partial charge in [0.2, 0.25) is 0 Å². The number of fused-ring (bicyclic) bond motifs is 1. The largest absolute Gasteiger partial charge is 0.497 e. The van der Waals surface area contributed by atoms with Crippen molar-refractivity contribution in [3.05, 3.63) is 82.4 Å². The van der Waals surface area contributed by atoms with Gasteiger partial charge < -0.3 is 34.1 Å². The van der Waals surface area contributed by atoms with E-state index in [1.165, 1.54) is 6.07 Å². The fraction of sp³-hybridized carbons (Fsp3) is 0.367. The summed E-state index contributed by atoms with van der Waals surface area (Å²) in [4.78, 5) is 13.9. The van der Waals surface area contributed by atoms with Gasteiger partial charge in [-0.25, -0.2) is 4.79 Å². The van der Waals surface area contributed by atoms with E-state index in [4.69, 9.17) is 30.5 Å². The van der Waals surface area contributed by atoms with Gasteiger partial charge in [-0.1, -0.05) is 23.7 Å². The van der Waals surface area contributed by atoms with E-state index < -0.39 is 12.1 Å². The molecule has 1 saturated heterocycles. The summed E-state index contributed by atoms with van der Waals surface area (Å²) in [6.07, 6.45) is 1.76. The normalized spacial score (nSPS) is 16.4. The topological polar surface area (TPSA) is 97.7 Å². The highest BCUT2D eigenvalue weighted by Gasteiger charge is 2.42. The Morgan fingerprint density at radius 3 is 2.48 bits per heavy atom. The molecule has 2 heterocycles. The van der Waals surface area contributed by atoms with E-state index in [0.29, 0.717) is 18.9 Å². The van der Waals surface area contributed by atoms with E-state index in [1.807, 2.05) is 42.5 Å². The van der Waals surface area contributed by atoms with Gasteiger partial charge in [-0.2, -0.15) is 0 Å². The number of hydrogen-bond donors (Lipinski definition) is 2. The number of carboxylic acid groups (broad SMARTS) is 1. The maximum Gasteiger partial charge on any atom is 0.339 e. The van der Waals surface area contributed by atoms with Crippen LogP contribution in [0.5, 0.6) is 23.0 Å². The van der Waals surface area contributed by atoms with Crippen LogP contribution in [0.2, 0.25) is 5.02 Å². The van der Waals surface area contributed by atoms with Crippen LogP contribution in [0.25, 0.3) is 0 Å². The molecule has 3 aromatic carbocycles. The fourth-order valence-corrected chi connectivity index (χ4v) is 5.33.